The number of carbonyl (C=O) groups excluding carboxylic acids is 1. The van der Waals surface area contributed by atoms with Gasteiger partial charge in [0.2, 0.25) is 0 Å². The van der Waals surface area contributed by atoms with Crippen molar-refractivity contribution in [3.63, 3.8) is 0 Å². The Morgan fingerprint density at radius 2 is 2.00 bits per heavy atom. The molecule has 0 bridgehead atoms. The van der Waals surface area contributed by atoms with Crippen LogP contribution in [0.25, 0.3) is 16.7 Å². The second kappa shape index (κ2) is 6.29. The minimum atomic E-state index is -1.19. The van der Waals surface area contributed by atoms with Gasteiger partial charge in [-0.25, -0.2) is 4.98 Å². The Morgan fingerprint density at radius 1 is 1.26 bits per heavy atom. The highest BCUT2D eigenvalue weighted by Gasteiger charge is 2.13. The van der Waals surface area contributed by atoms with Gasteiger partial charge in [-0.3, -0.25) is 9.77 Å². The Hall–Kier alpha value is -2.55. The van der Waals surface area contributed by atoms with E-state index in [1.807, 2.05) is 30.3 Å². The Kier molecular flexibility index (Phi) is 4.20. The number of fused-ring (bicyclic) bond motifs is 1. The van der Waals surface area contributed by atoms with Crippen LogP contribution >= 0.6 is 11.8 Å². The molecular weight excluding hydrogens is 318 g/mol. The first-order valence-electron chi connectivity index (χ1n) is 6.63. The van der Waals surface area contributed by atoms with Crippen LogP contribution in [0.1, 0.15) is 0 Å². The van der Waals surface area contributed by atoms with Crippen molar-refractivity contribution in [2.75, 3.05) is 11.0 Å². The Bertz CT molecular complexity index is 849. The van der Waals surface area contributed by atoms with Crippen LogP contribution in [0, 0.1) is 5.21 Å². The highest BCUT2D eigenvalue weighted by Crippen LogP contribution is 2.30. The maximum atomic E-state index is 11.0. The van der Waals surface area contributed by atoms with Crippen LogP contribution in [-0.4, -0.2) is 26.5 Å². The summed E-state index contributed by atoms with van der Waals surface area (Å²) in [6.07, 6.45) is 0. The lowest BCUT2D eigenvalue weighted by molar-refractivity contribution is -0.301. The standard InChI is InChI=1S/C15H12N3O4S/c19-14(20)9-23-15-16-12-8-11(18(21)22)6-7-13(12)17(15)10-4-2-1-3-5-10/h1-8,21H,9H2,(H,19,20)/q-1/p-1. The summed E-state index contributed by atoms with van der Waals surface area (Å²) in [4.78, 5) is 15.1. The second-order valence-corrected chi connectivity index (χ2v) is 5.61. The van der Waals surface area contributed by atoms with Crippen molar-refractivity contribution in [1.82, 2.24) is 9.55 Å². The SMILES string of the molecule is O=C([O-])CSc1nc2cc(N([O-])O)ccc2n1-c1ccccc1. The highest BCUT2D eigenvalue weighted by molar-refractivity contribution is 7.99. The van der Waals surface area contributed by atoms with Gasteiger partial charge in [0, 0.05) is 11.4 Å². The van der Waals surface area contributed by atoms with E-state index < -0.39 is 5.97 Å². The average molecular weight is 329 g/mol. The first-order chi connectivity index (χ1) is 11.1. The first kappa shape index (κ1) is 15.3. The molecule has 0 radical (unpaired) electrons. The largest absolute Gasteiger partial charge is 0.733 e. The maximum Gasteiger partial charge on any atom is 0.174 e. The zero-order valence-corrected chi connectivity index (χ0v) is 12.6. The number of hydrogen-bond acceptors (Lipinski definition) is 7. The van der Waals surface area contributed by atoms with E-state index in [1.165, 1.54) is 12.1 Å². The van der Waals surface area contributed by atoms with E-state index >= 15 is 0 Å². The lowest BCUT2D eigenvalue weighted by Crippen LogP contribution is -2.24. The summed E-state index contributed by atoms with van der Waals surface area (Å²) in [7, 11) is 0. The van der Waals surface area contributed by atoms with Gasteiger partial charge in [0.05, 0.1) is 22.7 Å². The van der Waals surface area contributed by atoms with Gasteiger partial charge < -0.3 is 20.3 Å². The highest BCUT2D eigenvalue weighted by atomic mass is 32.2. The molecule has 8 heteroatoms. The van der Waals surface area contributed by atoms with Gasteiger partial charge >= 0.3 is 0 Å². The lowest BCUT2D eigenvalue weighted by atomic mass is 10.2. The minimum Gasteiger partial charge on any atom is -0.733 e. The first-order valence-corrected chi connectivity index (χ1v) is 7.61. The molecule has 0 unspecified atom stereocenters. The third-order valence-electron chi connectivity index (χ3n) is 3.16. The minimum absolute atomic E-state index is 0.0478. The molecule has 1 N–H and O–H groups in total. The number of nitrogens with zero attached hydrogens (tertiary/aromatic N) is 3. The lowest BCUT2D eigenvalue weighted by Gasteiger charge is -2.21. The molecule has 1 heterocycles. The number of para-hydroxylation sites is 1. The molecule has 0 aliphatic carbocycles. The van der Waals surface area contributed by atoms with E-state index in [-0.39, 0.29) is 16.7 Å². The monoisotopic (exact) mass is 329 g/mol. The van der Waals surface area contributed by atoms with E-state index in [0.717, 1.165) is 17.4 Å². The van der Waals surface area contributed by atoms with Crippen molar-refractivity contribution >= 4 is 34.5 Å². The number of anilines is 1. The molecule has 0 amide bonds. The number of rotatable bonds is 5. The normalized spacial score (nSPS) is 10.9. The van der Waals surface area contributed by atoms with Crippen LogP contribution in [0.2, 0.25) is 0 Å². The van der Waals surface area contributed by atoms with Gasteiger partial charge in [0.15, 0.2) is 5.16 Å². The third kappa shape index (κ3) is 3.14. The number of hydrogen-bond donors (Lipinski definition) is 1. The van der Waals surface area contributed by atoms with Crippen LogP contribution in [0.4, 0.5) is 5.69 Å². The van der Waals surface area contributed by atoms with Gasteiger partial charge in [-0.2, -0.15) is 0 Å². The quantitative estimate of drug-likeness (QED) is 0.559. The van der Waals surface area contributed by atoms with Crippen LogP contribution in [-0.2, 0) is 4.79 Å². The van der Waals surface area contributed by atoms with Crippen molar-refractivity contribution in [2.24, 2.45) is 0 Å². The Balaban J connectivity index is 2.16. The van der Waals surface area contributed by atoms with Crippen molar-refractivity contribution in [3.8, 4) is 5.69 Å². The number of carbonyl (C=O) groups is 1. The summed E-state index contributed by atoms with van der Waals surface area (Å²) < 4.78 is 1.79. The molecule has 7 nitrogen and oxygen atoms in total. The van der Waals surface area contributed by atoms with Crippen LogP contribution in [0.15, 0.2) is 53.7 Å². The zero-order chi connectivity index (χ0) is 16.4. The molecule has 0 atom stereocenters. The number of carboxylic acids is 1. The molecule has 0 saturated carbocycles. The average Bonchev–Trinajstić information content (AvgIpc) is 2.91. The molecule has 0 aliphatic rings. The summed E-state index contributed by atoms with van der Waals surface area (Å²) >= 11 is 1.03. The van der Waals surface area contributed by atoms with Gasteiger partial charge in [-0.1, -0.05) is 30.0 Å². The predicted octanol–water partition coefficient (Wildman–Crippen LogP) is 1.56. The fraction of sp³-hybridized carbons (Fsp3) is 0.0667. The Morgan fingerprint density at radius 3 is 2.65 bits per heavy atom. The maximum absolute atomic E-state index is 11.0. The molecule has 2 aromatic carbocycles. The number of imidazole rings is 1. The van der Waals surface area contributed by atoms with E-state index in [4.69, 9.17) is 5.21 Å². The molecule has 0 spiro atoms. The molecular formula is C15H11N3O4S-2. The van der Waals surface area contributed by atoms with Gasteiger partial charge in [-0.05, 0) is 30.3 Å². The number of benzene rings is 2. The molecule has 3 aromatic rings. The molecule has 1 aromatic heterocycles. The van der Waals surface area contributed by atoms with E-state index in [2.05, 4.69) is 4.98 Å². The topological polar surface area (TPSA) is 104 Å². The van der Waals surface area contributed by atoms with Gasteiger partial charge in [0.25, 0.3) is 0 Å². The summed E-state index contributed by atoms with van der Waals surface area (Å²) in [6, 6.07) is 13.9. The number of carboxylic acid groups (broad SMARTS) is 1. The van der Waals surface area contributed by atoms with Crippen molar-refractivity contribution in [2.45, 2.75) is 5.16 Å². The zero-order valence-electron chi connectivity index (χ0n) is 11.7. The molecule has 118 valence electrons. The van der Waals surface area contributed by atoms with Gasteiger partial charge in [0.1, 0.15) is 0 Å². The van der Waals surface area contributed by atoms with E-state index in [9.17, 15) is 15.1 Å². The van der Waals surface area contributed by atoms with Crippen molar-refractivity contribution in [3.05, 3.63) is 53.7 Å². The summed E-state index contributed by atoms with van der Waals surface area (Å²) in [5.74, 6) is -1.43. The summed E-state index contributed by atoms with van der Waals surface area (Å²) in [5.41, 5.74) is 2.03. The summed E-state index contributed by atoms with van der Waals surface area (Å²) in [6.45, 7) is 0. The fourth-order valence-electron chi connectivity index (χ4n) is 2.21. The van der Waals surface area contributed by atoms with E-state index in [0.29, 0.717) is 16.2 Å². The van der Waals surface area contributed by atoms with Crippen molar-refractivity contribution in [1.29, 1.82) is 0 Å². The van der Waals surface area contributed by atoms with Crippen LogP contribution < -0.4 is 10.3 Å². The summed E-state index contributed by atoms with van der Waals surface area (Å²) in [5, 5.41) is 31.0. The van der Waals surface area contributed by atoms with Crippen molar-refractivity contribution < 1.29 is 15.1 Å². The fourth-order valence-corrected chi connectivity index (χ4v) is 2.96. The number of aromatic nitrogens is 2. The molecule has 0 fully saturated rings. The number of thioether (sulfide) groups is 1. The molecule has 3 rings (SSSR count). The number of aliphatic carboxylic acids is 1. The molecule has 0 saturated heterocycles. The third-order valence-corrected chi connectivity index (χ3v) is 4.07. The smallest absolute Gasteiger partial charge is 0.174 e. The van der Waals surface area contributed by atoms with Gasteiger partial charge in [-0.15, -0.1) is 0 Å². The predicted molar refractivity (Wildman–Crippen MR) is 84.4 cm³/mol. The van der Waals surface area contributed by atoms with E-state index in [1.54, 1.807) is 10.6 Å². The van der Waals surface area contributed by atoms with Crippen LogP contribution in [0.3, 0.4) is 0 Å². The molecule has 0 aliphatic heterocycles. The van der Waals surface area contributed by atoms with Crippen LogP contribution in [0.5, 0.6) is 0 Å². The Labute approximate surface area is 135 Å². The second-order valence-electron chi connectivity index (χ2n) is 4.67. The molecule has 23 heavy (non-hydrogen) atoms.